The highest BCUT2D eigenvalue weighted by atomic mass is 16.5. The Balaban J connectivity index is 2.32. The summed E-state index contributed by atoms with van der Waals surface area (Å²) in [6.07, 6.45) is 4.06. The Hall–Kier alpha value is -1.83. The lowest BCUT2D eigenvalue weighted by Gasteiger charge is -2.12. The van der Waals surface area contributed by atoms with Gasteiger partial charge in [0.2, 0.25) is 5.88 Å². The summed E-state index contributed by atoms with van der Waals surface area (Å²) >= 11 is 0. The van der Waals surface area contributed by atoms with Gasteiger partial charge in [0.1, 0.15) is 6.61 Å². The molecule has 0 atom stereocenters. The second-order valence-corrected chi connectivity index (χ2v) is 3.79. The second kappa shape index (κ2) is 3.09. The summed E-state index contributed by atoms with van der Waals surface area (Å²) in [6, 6.07) is 8.40. The van der Waals surface area contributed by atoms with Gasteiger partial charge in [0.15, 0.2) is 0 Å². The largest absolute Gasteiger partial charge is 0.473 e. The van der Waals surface area contributed by atoms with Crippen LogP contribution in [0.4, 0.5) is 0 Å². The molecule has 74 valence electrons. The lowest BCUT2D eigenvalue weighted by Crippen LogP contribution is -2.02. The molecule has 0 bridgehead atoms. The Morgan fingerprint density at radius 1 is 1.27 bits per heavy atom. The van der Waals surface area contributed by atoms with E-state index in [2.05, 4.69) is 42.2 Å². The first-order valence-electron chi connectivity index (χ1n) is 5.04. The van der Waals surface area contributed by atoms with Crippen molar-refractivity contribution in [2.24, 2.45) is 0 Å². The molecule has 2 heteroatoms. The van der Waals surface area contributed by atoms with Gasteiger partial charge in [-0.25, -0.2) is 4.98 Å². The van der Waals surface area contributed by atoms with Gasteiger partial charge < -0.3 is 4.74 Å². The van der Waals surface area contributed by atoms with Crippen LogP contribution in [-0.2, 0) is 0 Å². The molecule has 0 unspecified atom stereocenters. The van der Waals surface area contributed by atoms with Crippen LogP contribution < -0.4 is 4.74 Å². The van der Waals surface area contributed by atoms with E-state index < -0.39 is 0 Å². The Kier molecular flexibility index (Phi) is 1.75. The number of pyridine rings is 1. The van der Waals surface area contributed by atoms with Crippen molar-refractivity contribution in [1.29, 1.82) is 0 Å². The monoisotopic (exact) mass is 197 g/mol. The van der Waals surface area contributed by atoms with E-state index >= 15 is 0 Å². The van der Waals surface area contributed by atoms with Crippen molar-refractivity contribution in [2.45, 2.75) is 6.92 Å². The highest BCUT2D eigenvalue weighted by molar-refractivity contribution is 5.83. The molecule has 0 radical (unpaired) electrons. The lowest BCUT2D eigenvalue weighted by molar-refractivity contribution is 0.345. The molecule has 3 rings (SSSR count). The standard InChI is InChI=1S/C13H11NO/c1-9-4-5-10-8-11-3-2-6-15-13(11)14-12(10)7-9/h2-5,7-8H,6H2,1H3. The first kappa shape index (κ1) is 8.48. The molecule has 1 aromatic carbocycles. The molecule has 0 aliphatic carbocycles. The molecule has 2 nitrogen and oxygen atoms in total. The van der Waals surface area contributed by atoms with Gasteiger partial charge >= 0.3 is 0 Å². The van der Waals surface area contributed by atoms with E-state index in [-0.39, 0.29) is 0 Å². The molecule has 0 saturated heterocycles. The number of aromatic nitrogens is 1. The summed E-state index contributed by atoms with van der Waals surface area (Å²) in [5.74, 6) is 0.746. The van der Waals surface area contributed by atoms with Crippen LogP contribution in [0.2, 0.25) is 0 Å². The van der Waals surface area contributed by atoms with E-state index in [1.807, 2.05) is 6.08 Å². The van der Waals surface area contributed by atoms with E-state index in [4.69, 9.17) is 4.74 Å². The fraction of sp³-hybridized carbons (Fsp3) is 0.154. The van der Waals surface area contributed by atoms with Crippen LogP contribution in [0.5, 0.6) is 5.88 Å². The maximum Gasteiger partial charge on any atom is 0.221 e. The summed E-state index contributed by atoms with van der Waals surface area (Å²) in [5, 5.41) is 1.16. The first-order valence-corrected chi connectivity index (χ1v) is 5.04. The number of ether oxygens (including phenoxy) is 1. The molecular weight excluding hydrogens is 186 g/mol. The second-order valence-electron chi connectivity index (χ2n) is 3.79. The van der Waals surface area contributed by atoms with Crippen molar-refractivity contribution in [1.82, 2.24) is 4.98 Å². The smallest absolute Gasteiger partial charge is 0.221 e. The topological polar surface area (TPSA) is 22.1 Å². The zero-order chi connectivity index (χ0) is 10.3. The SMILES string of the molecule is Cc1ccc2cc3c(nc2c1)OCC=C3. The molecule has 0 saturated carbocycles. The average Bonchev–Trinajstić information content (AvgIpc) is 2.26. The third-order valence-electron chi connectivity index (χ3n) is 2.58. The third kappa shape index (κ3) is 1.38. The lowest BCUT2D eigenvalue weighted by atomic mass is 10.1. The van der Waals surface area contributed by atoms with Gasteiger partial charge in [-0.3, -0.25) is 0 Å². The highest BCUT2D eigenvalue weighted by Crippen LogP contribution is 2.26. The molecule has 0 fully saturated rings. The zero-order valence-electron chi connectivity index (χ0n) is 8.53. The molecule has 0 N–H and O–H groups in total. The first-order chi connectivity index (χ1) is 7.33. The molecule has 0 spiro atoms. The van der Waals surface area contributed by atoms with Crippen molar-refractivity contribution in [3.63, 3.8) is 0 Å². The maximum absolute atomic E-state index is 5.47. The van der Waals surface area contributed by atoms with Crippen LogP contribution in [-0.4, -0.2) is 11.6 Å². The van der Waals surface area contributed by atoms with Crippen molar-refractivity contribution in [3.05, 3.63) is 41.5 Å². The summed E-state index contributed by atoms with van der Waals surface area (Å²) in [7, 11) is 0. The molecule has 1 aromatic heterocycles. The Morgan fingerprint density at radius 2 is 2.20 bits per heavy atom. The van der Waals surface area contributed by atoms with Crippen molar-refractivity contribution in [2.75, 3.05) is 6.61 Å². The maximum atomic E-state index is 5.47. The average molecular weight is 197 g/mol. The summed E-state index contributed by atoms with van der Waals surface area (Å²) in [6.45, 7) is 2.69. The van der Waals surface area contributed by atoms with Gasteiger partial charge in [0.05, 0.1) is 5.52 Å². The number of fused-ring (bicyclic) bond motifs is 2. The number of rotatable bonds is 0. The van der Waals surface area contributed by atoms with E-state index in [9.17, 15) is 0 Å². The number of hydrogen-bond acceptors (Lipinski definition) is 2. The summed E-state index contributed by atoms with van der Waals surface area (Å²) < 4.78 is 5.47. The van der Waals surface area contributed by atoms with E-state index in [0.717, 1.165) is 22.3 Å². The van der Waals surface area contributed by atoms with E-state index in [1.165, 1.54) is 5.56 Å². The van der Waals surface area contributed by atoms with Crippen LogP contribution in [0, 0.1) is 6.92 Å². The number of hydrogen-bond donors (Lipinski definition) is 0. The fourth-order valence-electron chi connectivity index (χ4n) is 1.81. The Labute approximate surface area is 88.2 Å². The summed E-state index contributed by atoms with van der Waals surface area (Å²) in [5.41, 5.74) is 3.29. The molecule has 2 aromatic rings. The van der Waals surface area contributed by atoms with Crippen molar-refractivity contribution < 1.29 is 4.74 Å². The number of aryl methyl sites for hydroxylation is 1. The molecular formula is C13H11NO. The quantitative estimate of drug-likeness (QED) is 0.647. The third-order valence-corrected chi connectivity index (χ3v) is 2.58. The van der Waals surface area contributed by atoms with E-state index in [0.29, 0.717) is 6.61 Å². The minimum absolute atomic E-state index is 0.622. The minimum Gasteiger partial charge on any atom is -0.473 e. The molecule has 1 aliphatic heterocycles. The predicted octanol–water partition coefficient (Wildman–Crippen LogP) is 2.95. The van der Waals surface area contributed by atoms with Gasteiger partial charge in [-0.1, -0.05) is 18.2 Å². The molecule has 15 heavy (non-hydrogen) atoms. The van der Waals surface area contributed by atoms with Gasteiger partial charge in [-0.05, 0) is 30.7 Å². The van der Waals surface area contributed by atoms with Crippen LogP contribution >= 0.6 is 0 Å². The molecule has 0 amide bonds. The fourth-order valence-corrected chi connectivity index (χ4v) is 1.81. The van der Waals surface area contributed by atoms with Gasteiger partial charge in [-0.15, -0.1) is 0 Å². The van der Waals surface area contributed by atoms with Gasteiger partial charge in [-0.2, -0.15) is 0 Å². The van der Waals surface area contributed by atoms with Gasteiger partial charge in [0.25, 0.3) is 0 Å². The Bertz CT molecular complexity index is 558. The van der Waals surface area contributed by atoms with Crippen LogP contribution in [0.1, 0.15) is 11.1 Å². The van der Waals surface area contributed by atoms with Crippen molar-refractivity contribution >= 4 is 17.0 Å². The normalized spacial score (nSPS) is 13.7. The van der Waals surface area contributed by atoms with E-state index in [1.54, 1.807) is 0 Å². The zero-order valence-corrected chi connectivity index (χ0v) is 8.53. The minimum atomic E-state index is 0.622. The van der Waals surface area contributed by atoms with Gasteiger partial charge in [0, 0.05) is 10.9 Å². The van der Waals surface area contributed by atoms with Crippen LogP contribution in [0.15, 0.2) is 30.3 Å². The molecule has 1 aliphatic rings. The number of benzene rings is 1. The van der Waals surface area contributed by atoms with Crippen LogP contribution in [0.3, 0.4) is 0 Å². The Morgan fingerprint density at radius 3 is 3.13 bits per heavy atom. The van der Waals surface area contributed by atoms with Crippen LogP contribution in [0.25, 0.3) is 17.0 Å². The summed E-state index contributed by atoms with van der Waals surface area (Å²) in [4.78, 5) is 4.50. The highest BCUT2D eigenvalue weighted by Gasteiger charge is 2.08. The van der Waals surface area contributed by atoms with Crippen molar-refractivity contribution in [3.8, 4) is 5.88 Å². The molecule has 2 heterocycles. The predicted molar refractivity (Wildman–Crippen MR) is 61.0 cm³/mol. The number of nitrogens with zero attached hydrogens (tertiary/aromatic N) is 1.